The molecule has 0 saturated heterocycles. The van der Waals surface area contributed by atoms with Gasteiger partial charge < -0.3 is 4.74 Å². The molecule has 0 aliphatic carbocycles. The van der Waals surface area contributed by atoms with E-state index in [1.54, 1.807) is 30.3 Å². The molecule has 0 aliphatic rings. The Kier molecular flexibility index (Phi) is 3.07. The van der Waals surface area contributed by atoms with Gasteiger partial charge in [0.25, 0.3) is 0 Å². The number of carbonyl (C=O) groups excluding carboxylic acids is 1. The van der Waals surface area contributed by atoms with Crippen molar-refractivity contribution in [3.8, 4) is 5.75 Å². The van der Waals surface area contributed by atoms with Crippen molar-refractivity contribution >= 4 is 6.29 Å². The molecular weight excluding hydrogens is 176 g/mol. The molecule has 0 aliphatic heterocycles. The van der Waals surface area contributed by atoms with Crippen molar-refractivity contribution in [1.29, 1.82) is 0 Å². The fourth-order valence-electron chi connectivity index (χ4n) is 0.960. The quantitative estimate of drug-likeness (QED) is 0.539. The van der Waals surface area contributed by atoms with E-state index >= 15 is 0 Å². The first-order valence-electron chi connectivity index (χ1n) is 4.45. The van der Waals surface area contributed by atoms with Crippen molar-refractivity contribution in [3.05, 3.63) is 42.5 Å². The van der Waals surface area contributed by atoms with Crippen molar-refractivity contribution < 1.29 is 9.53 Å². The molecule has 1 aromatic rings. The smallest absolute Gasteiger partial charge is 0.150 e. The summed E-state index contributed by atoms with van der Waals surface area (Å²) in [6.07, 6.45) is 2.54. The van der Waals surface area contributed by atoms with Crippen LogP contribution in [0, 0.1) is 0 Å². The normalized spacial score (nSPS) is 10.7. The summed E-state index contributed by atoms with van der Waals surface area (Å²) >= 11 is 0. The van der Waals surface area contributed by atoms with Gasteiger partial charge in [0, 0.05) is 5.56 Å². The summed E-state index contributed by atoms with van der Waals surface area (Å²) in [6, 6.07) is 6.99. The zero-order chi connectivity index (χ0) is 10.6. The Morgan fingerprint density at radius 2 is 1.86 bits per heavy atom. The predicted molar refractivity (Wildman–Crippen MR) is 56.7 cm³/mol. The summed E-state index contributed by atoms with van der Waals surface area (Å²) in [5, 5.41) is 0. The third kappa shape index (κ3) is 2.73. The SMILES string of the molecule is C=CC(C)(C)Oc1ccc(C=O)cc1. The third-order valence-electron chi connectivity index (χ3n) is 1.89. The summed E-state index contributed by atoms with van der Waals surface area (Å²) in [4.78, 5) is 10.4. The zero-order valence-electron chi connectivity index (χ0n) is 8.49. The second kappa shape index (κ2) is 4.09. The summed E-state index contributed by atoms with van der Waals surface area (Å²) in [7, 11) is 0. The van der Waals surface area contributed by atoms with E-state index in [1.807, 2.05) is 13.8 Å². The summed E-state index contributed by atoms with van der Waals surface area (Å²) in [5.74, 6) is 0.737. The van der Waals surface area contributed by atoms with Gasteiger partial charge in [0.1, 0.15) is 17.6 Å². The lowest BCUT2D eigenvalue weighted by molar-refractivity contribution is 0.112. The number of rotatable bonds is 4. The number of ether oxygens (including phenoxy) is 1. The maximum Gasteiger partial charge on any atom is 0.150 e. The molecule has 1 rings (SSSR count). The minimum atomic E-state index is -0.386. The van der Waals surface area contributed by atoms with Gasteiger partial charge in [-0.05, 0) is 44.2 Å². The van der Waals surface area contributed by atoms with Crippen molar-refractivity contribution in [2.45, 2.75) is 19.4 Å². The van der Waals surface area contributed by atoms with Crippen molar-refractivity contribution in [2.75, 3.05) is 0 Å². The molecule has 0 bridgehead atoms. The predicted octanol–water partition coefficient (Wildman–Crippen LogP) is 2.84. The molecule has 14 heavy (non-hydrogen) atoms. The second-order valence-electron chi connectivity index (χ2n) is 3.60. The Balaban J connectivity index is 2.78. The number of carbonyl (C=O) groups is 1. The van der Waals surface area contributed by atoms with Gasteiger partial charge in [-0.25, -0.2) is 0 Å². The standard InChI is InChI=1S/C12H14O2/c1-4-12(2,3)14-11-7-5-10(9-13)6-8-11/h4-9H,1H2,2-3H3. The van der Waals surface area contributed by atoms with Gasteiger partial charge in [-0.3, -0.25) is 4.79 Å². The maximum absolute atomic E-state index is 10.4. The zero-order valence-corrected chi connectivity index (χ0v) is 8.49. The van der Waals surface area contributed by atoms with Crippen LogP contribution in [0.15, 0.2) is 36.9 Å². The molecule has 0 radical (unpaired) electrons. The first-order chi connectivity index (χ1) is 6.57. The molecule has 0 heterocycles. The summed E-state index contributed by atoms with van der Waals surface area (Å²) < 4.78 is 5.62. The molecular formula is C12H14O2. The van der Waals surface area contributed by atoms with E-state index in [1.165, 1.54) is 0 Å². The van der Waals surface area contributed by atoms with Crippen LogP contribution in [-0.4, -0.2) is 11.9 Å². The lowest BCUT2D eigenvalue weighted by Gasteiger charge is -2.22. The van der Waals surface area contributed by atoms with Crippen LogP contribution >= 0.6 is 0 Å². The fourth-order valence-corrected chi connectivity index (χ4v) is 0.960. The molecule has 0 fully saturated rings. The third-order valence-corrected chi connectivity index (χ3v) is 1.89. The van der Waals surface area contributed by atoms with Gasteiger partial charge in [-0.2, -0.15) is 0 Å². The molecule has 0 spiro atoms. The van der Waals surface area contributed by atoms with Gasteiger partial charge in [-0.15, -0.1) is 0 Å². The first-order valence-corrected chi connectivity index (χ1v) is 4.45. The topological polar surface area (TPSA) is 26.3 Å². The number of hydrogen-bond acceptors (Lipinski definition) is 2. The highest BCUT2D eigenvalue weighted by Crippen LogP contribution is 2.18. The highest BCUT2D eigenvalue weighted by atomic mass is 16.5. The molecule has 2 nitrogen and oxygen atoms in total. The molecule has 2 heteroatoms. The van der Waals surface area contributed by atoms with E-state index in [0.717, 1.165) is 12.0 Å². The molecule has 0 N–H and O–H groups in total. The minimum absolute atomic E-state index is 0.386. The Morgan fingerprint density at radius 1 is 1.29 bits per heavy atom. The van der Waals surface area contributed by atoms with Crippen molar-refractivity contribution in [3.63, 3.8) is 0 Å². The average molecular weight is 190 g/mol. The van der Waals surface area contributed by atoms with Crippen LogP contribution in [0.3, 0.4) is 0 Å². The van der Waals surface area contributed by atoms with Crippen LogP contribution in [0.5, 0.6) is 5.75 Å². The van der Waals surface area contributed by atoms with Crippen LogP contribution in [0.25, 0.3) is 0 Å². The van der Waals surface area contributed by atoms with Crippen LogP contribution in [0.2, 0.25) is 0 Å². The van der Waals surface area contributed by atoms with Gasteiger partial charge in [0.05, 0.1) is 0 Å². The second-order valence-corrected chi connectivity index (χ2v) is 3.60. The van der Waals surface area contributed by atoms with Crippen LogP contribution in [0.4, 0.5) is 0 Å². The van der Waals surface area contributed by atoms with Gasteiger partial charge in [-0.1, -0.05) is 6.58 Å². The highest BCUT2D eigenvalue weighted by molar-refractivity contribution is 5.74. The number of benzene rings is 1. The molecule has 1 aromatic carbocycles. The largest absolute Gasteiger partial charge is 0.484 e. The van der Waals surface area contributed by atoms with Gasteiger partial charge in [0.2, 0.25) is 0 Å². The molecule has 0 amide bonds. The lowest BCUT2D eigenvalue weighted by Crippen LogP contribution is -2.24. The van der Waals surface area contributed by atoms with Crippen LogP contribution < -0.4 is 4.74 Å². The van der Waals surface area contributed by atoms with E-state index in [-0.39, 0.29) is 5.60 Å². The molecule has 0 aromatic heterocycles. The Bertz CT molecular complexity index is 323. The van der Waals surface area contributed by atoms with E-state index in [2.05, 4.69) is 6.58 Å². The van der Waals surface area contributed by atoms with E-state index in [9.17, 15) is 4.79 Å². The average Bonchev–Trinajstić information content (AvgIpc) is 2.19. The lowest BCUT2D eigenvalue weighted by atomic mass is 10.1. The summed E-state index contributed by atoms with van der Waals surface area (Å²) in [6.45, 7) is 7.53. The van der Waals surface area contributed by atoms with Crippen LogP contribution in [-0.2, 0) is 0 Å². The van der Waals surface area contributed by atoms with Crippen molar-refractivity contribution in [1.82, 2.24) is 0 Å². The Morgan fingerprint density at radius 3 is 2.29 bits per heavy atom. The molecule has 0 saturated carbocycles. The van der Waals surface area contributed by atoms with E-state index < -0.39 is 0 Å². The molecule has 74 valence electrons. The maximum atomic E-state index is 10.4. The minimum Gasteiger partial charge on any atom is -0.484 e. The Labute approximate surface area is 84.2 Å². The number of aldehydes is 1. The highest BCUT2D eigenvalue weighted by Gasteiger charge is 2.13. The van der Waals surface area contributed by atoms with Gasteiger partial charge >= 0.3 is 0 Å². The number of hydrogen-bond donors (Lipinski definition) is 0. The van der Waals surface area contributed by atoms with Gasteiger partial charge in [0.15, 0.2) is 0 Å². The van der Waals surface area contributed by atoms with Crippen LogP contribution in [0.1, 0.15) is 24.2 Å². The van der Waals surface area contributed by atoms with E-state index in [4.69, 9.17) is 4.74 Å². The Hall–Kier alpha value is -1.57. The van der Waals surface area contributed by atoms with E-state index in [0.29, 0.717) is 5.56 Å². The van der Waals surface area contributed by atoms with Crippen molar-refractivity contribution in [2.24, 2.45) is 0 Å². The molecule has 0 atom stereocenters. The fraction of sp³-hybridized carbons (Fsp3) is 0.250. The monoisotopic (exact) mass is 190 g/mol. The molecule has 0 unspecified atom stereocenters. The first kappa shape index (κ1) is 10.5. The summed E-state index contributed by atoms with van der Waals surface area (Å²) in [5.41, 5.74) is 0.261.